The van der Waals surface area contributed by atoms with Crippen LogP contribution < -0.4 is 5.73 Å². The van der Waals surface area contributed by atoms with E-state index in [1.165, 1.54) is 19.3 Å². The van der Waals surface area contributed by atoms with Crippen LogP contribution in [0.4, 0.5) is 5.69 Å². The zero-order valence-electron chi connectivity index (χ0n) is 8.71. The molecule has 1 aliphatic carbocycles. The van der Waals surface area contributed by atoms with Crippen LogP contribution >= 0.6 is 15.9 Å². The van der Waals surface area contributed by atoms with Crippen LogP contribution in [0.2, 0.25) is 0 Å². The molecule has 2 nitrogen and oxygen atoms in total. The molecule has 1 aromatic carbocycles. The molecule has 82 valence electrons. The Hall–Kier alpha value is -0.540. The van der Waals surface area contributed by atoms with Crippen molar-refractivity contribution >= 4 is 21.6 Å². The normalized spacial score (nSPS) is 15.5. The highest BCUT2D eigenvalue weighted by Crippen LogP contribution is 2.32. The Balaban J connectivity index is 1.74. The molecule has 0 amide bonds. The van der Waals surface area contributed by atoms with E-state index in [1.807, 2.05) is 18.2 Å². The Kier molecular flexibility index (Phi) is 3.65. The number of nitrogens with two attached hydrogens (primary N) is 1. The molecule has 2 rings (SSSR count). The second kappa shape index (κ2) is 4.99. The van der Waals surface area contributed by atoms with Gasteiger partial charge in [-0.25, -0.2) is 0 Å². The maximum Gasteiger partial charge on any atom is 0.0717 e. The van der Waals surface area contributed by atoms with Crippen molar-refractivity contribution in [3.8, 4) is 0 Å². The third kappa shape index (κ3) is 3.50. The van der Waals surface area contributed by atoms with E-state index < -0.39 is 0 Å². The molecule has 1 fully saturated rings. The summed E-state index contributed by atoms with van der Waals surface area (Å²) in [4.78, 5) is 0. The Morgan fingerprint density at radius 2 is 2.20 bits per heavy atom. The number of halogens is 1. The second-order valence-electron chi connectivity index (χ2n) is 4.14. The predicted octanol–water partition coefficient (Wildman–Crippen LogP) is 3.35. The van der Waals surface area contributed by atoms with Gasteiger partial charge < -0.3 is 10.5 Å². The van der Waals surface area contributed by atoms with Gasteiger partial charge in [-0.2, -0.15) is 0 Å². The lowest BCUT2D eigenvalue weighted by molar-refractivity contribution is 0.115. The fraction of sp³-hybridized carbons (Fsp3) is 0.500. The van der Waals surface area contributed by atoms with Crippen molar-refractivity contribution in [3.63, 3.8) is 0 Å². The maximum absolute atomic E-state index is 5.78. The zero-order chi connectivity index (χ0) is 10.7. The summed E-state index contributed by atoms with van der Waals surface area (Å²) in [5.74, 6) is 0.944. The molecule has 2 N–H and O–H groups in total. The van der Waals surface area contributed by atoms with Crippen LogP contribution in [-0.2, 0) is 11.3 Å². The molecule has 0 radical (unpaired) electrons. The van der Waals surface area contributed by atoms with Crippen LogP contribution in [0.3, 0.4) is 0 Å². The third-order valence-electron chi connectivity index (χ3n) is 2.70. The quantitative estimate of drug-likeness (QED) is 0.657. The van der Waals surface area contributed by atoms with Crippen molar-refractivity contribution in [3.05, 3.63) is 28.2 Å². The van der Waals surface area contributed by atoms with E-state index in [-0.39, 0.29) is 0 Å². The van der Waals surface area contributed by atoms with Gasteiger partial charge in [0.1, 0.15) is 0 Å². The molecule has 3 heteroatoms. The first kappa shape index (κ1) is 11.0. The lowest BCUT2D eigenvalue weighted by atomic mass is 10.2. The number of hydrogen-bond acceptors (Lipinski definition) is 2. The van der Waals surface area contributed by atoms with E-state index in [9.17, 15) is 0 Å². The topological polar surface area (TPSA) is 35.2 Å². The first-order chi connectivity index (χ1) is 7.25. The van der Waals surface area contributed by atoms with Crippen LogP contribution in [0.25, 0.3) is 0 Å². The van der Waals surface area contributed by atoms with E-state index >= 15 is 0 Å². The first-order valence-electron chi connectivity index (χ1n) is 5.37. The molecule has 0 aromatic heterocycles. The number of nitrogen functional groups attached to an aromatic ring is 1. The number of ether oxygens (including phenoxy) is 1. The van der Waals surface area contributed by atoms with Gasteiger partial charge in [0.2, 0.25) is 0 Å². The molecular weight excluding hydrogens is 254 g/mol. The highest BCUT2D eigenvalue weighted by Gasteiger charge is 2.20. The molecular formula is C12H16BrNO. The Labute approximate surface area is 98.9 Å². The van der Waals surface area contributed by atoms with Gasteiger partial charge in [0.25, 0.3) is 0 Å². The Bertz CT molecular complexity index is 336. The van der Waals surface area contributed by atoms with Gasteiger partial charge >= 0.3 is 0 Å². The first-order valence-corrected chi connectivity index (χ1v) is 6.16. The number of rotatable bonds is 5. The van der Waals surface area contributed by atoms with Crippen molar-refractivity contribution in [2.75, 3.05) is 12.3 Å². The predicted molar refractivity (Wildman–Crippen MR) is 65.6 cm³/mol. The highest BCUT2D eigenvalue weighted by atomic mass is 79.9. The van der Waals surface area contributed by atoms with Crippen LogP contribution in [0.15, 0.2) is 22.7 Å². The summed E-state index contributed by atoms with van der Waals surface area (Å²) in [6.07, 6.45) is 4.01. The third-order valence-corrected chi connectivity index (χ3v) is 3.42. The fourth-order valence-corrected chi connectivity index (χ4v) is 1.78. The van der Waals surface area contributed by atoms with Crippen LogP contribution in [0.5, 0.6) is 0 Å². The molecule has 0 heterocycles. The monoisotopic (exact) mass is 269 g/mol. The molecule has 0 saturated heterocycles. The molecule has 0 spiro atoms. The average molecular weight is 270 g/mol. The van der Waals surface area contributed by atoms with Crippen LogP contribution in [0.1, 0.15) is 24.8 Å². The van der Waals surface area contributed by atoms with Crippen molar-refractivity contribution in [1.82, 2.24) is 0 Å². The van der Waals surface area contributed by atoms with E-state index in [1.54, 1.807) is 0 Å². The summed E-state index contributed by atoms with van der Waals surface area (Å²) in [6, 6.07) is 5.97. The van der Waals surface area contributed by atoms with Gasteiger partial charge in [-0.05, 0) is 46.0 Å². The van der Waals surface area contributed by atoms with E-state index in [0.29, 0.717) is 6.61 Å². The number of benzene rings is 1. The summed E-state index contributed by atoms with van der Waals surface area (Å²) in [5, 5.41) is 0. The molecule has 1 aliphatic rings. The van der Waals surface area contributed by atoms with Crippen molar-refractivity contribution in [2.24, 2.45) is 5.92 Å². The van der Waals surface area contributed by atoms with Gasteiger partial charge in [0.15, 0.2) is 0 Å². The van der Waals surface area contributed by atoms with Crippen LogP contribution in [-0.4, -0.2) is 6.61 Å². The summed E-state index contributed by atoms with van der Waals surface area (Å²) < 4.78 is 6.54. The minimum absolute atomic E-state index is 0.671. The average Bonchev–Trinajstić information content (AvgIpc) is 3.02. The minimum atomic E-state index is 0.671. The molecule has 1 saturated carbocycles. The van der Waals surface area contributed by atoms with Crippen molar-refractivity contribution < 1.29 is 4.74 Å². The van der Waals surface area contributed by atoms with Crippen molar-refractivity contribution in [2.45, 2.75) is 25.9 Å². The van der Waals surface area contributed by atoms with E-state index in [0.717, 1.165) is 28.2 Å². The smallest absolute Gasteiger partial charge is 0.0717 e. The highest BCUT2D eigenvalue weighted by molar-refractivity contribution is 9.10. The molecule has 1 aromatic rings. The summed E-state index contributed by atoms with van der Waals surface area (Å²) in [6.45, 7) is 1.55. The van der Waals surface area contributed by atoms with Gasteiger partial charge in [0, 0.05) is 16.8 Å². The van der Waals surface area contributed by atoms with Crippen LogP contribution in [0, 0.1) is 5.92 Å². The maximum atomic E-state index is 5.78. The molecule has 0 unspecified atom stereocenters. The number of anilines is 1. The van der Waals surface area contributed by atoms with Gasteiger partial charge in [-0.15, -0.1) is 0 Å². The lowest BCUT2D eigenvalue weighted by Gasteiger charge is -2.05. The second-order valence-corrected chi connectivity index (χ2v) is 4.99. The van der Waals surface area contributed by atoms with Gasteiger partial charge in [0.05, 0.1) is 6.61 Å². The van der Waals surface area contributed by atoms with Crippen molar-refractivity contribution in [1.29, 1.82) is 0 Å². The SMILES string of the molecule is Nc1cc(COCCC2CC2)ccc1Br. The molecule has 15 heavy (non-hydrogen) atoms. The van der Waals surface area contributed by atoms with E-state index in [4.69, 9.17) is 10.5 Å². The molecule has 0 aliphatic heterocycles. The Morgan fingerprint density at radius 3 is 2.87 bits per heavy atom. The molecule has 0 bridgehead atoms. The number of hydrogen-bond donors (Lipinski definition) is 1. The van der Waals surface area contributed by atoms with Gasteiger partial charge in [-0.1, -0.05) is 18.9 Å². The minimum Gasteiger partial charge on any atom is -0.398 e. The fourth-order valence-electron chi connectivity index (χ4n) is 1.53. The summed E-state index contributed by atoms with van der Waals surface area (Å²) >= 11 is 3.37. The Morgan fingerprint density at radius 1 is 1.40 bits per heavy atom. The van der Waals surface area contributed by atoms with E-state index in [2.05, 4.69) is 15.9 Å². The summed E-state index contributed by atoms with van der Waals surface area (Å²) in [5.41, 5.74) is 7.70. The molecule has 0 atom stereocenters. The zero-order valence-corrected chi connectivity index (χ0v) is 10.3. The standard InChI is InChI=1S/C12H16BrNO/c13-11-4-3-10(7-12(11)14)8-15-6-5-9-1-2-9/h3-4,7,9H,1-2,5-6,8,14H2. The summed E-state index contributed by atoms with van der Waals surface area (Å²) in [7, 11) is 0. The lowest BCUT2D eigenvalue weighted by Crippen LogP contribution is -1.97. The largest absolute Gasteiger partial charge is 0.398 e. The van der Waals surface area contributed by atoms with Gasteiger partial charge in [-0.3, -0.25) is 0 Å².